The number of epoxide rings is 3. The van der Waals surface area contributed by atoms with E-state index < -0.39 is 24.0 Å². The molecule has 6 unspecified atom stereocenters. The molecule has 0 N–H and O–H groups in total. The molecule has 11 heteroatoms. The molecule has 0 bridgehead atoms. The normalized spacial score (nSPS) is 20.3. The summed E-state index contributed by atoms with van der Waals surface area (Å²) < 4.78 is 16.8. The fourth-order valence-electron chi connectivity index (χ4n) is 7.20. The van der Waals surface area contributed by atoms with Gasteiger partial charge >= 0.3 is 21.7 Å². The number of carboxylic acids is 3. The Morgan fingerprint density at radius 3 is 0.765 bits per heavy atom. The van der Waals surface area contributed by atoms with Crippen LogP contribution in [-0.2, 0) is 50.3 Å². The molecule has 3 aliphatic heterocycles. The van der Waals surface area contributed by atoms with E-state index in [0.29, 0.717) is 36.6 Å². The van der Waals surface area contributed by atoms with Crippen LogP contribution in [-0.4, -0.2) is 60.6 Å². The molecule has 3 fully saturated rings. The van der Waals surface area contributed by atoms with Crippen LogP contribution in [0.25, 0.3) is 0 Å². The Morgan fingerprint density at radius 2 is 0.559 bits per heavy atom. The van der Waals surface area contributed by atoms with Gasteiger partial charge in [0.15, 0.2) is 0 Å². The molecule has 3 saturated heterocycles. The third-order valence-electron chi connectivity index (χ3n) is 11.2. The van der Waals surface area contributed by atoms with Gasteiger partial charge in [-0.25, -0.2) is 0 Å². The van der Waals surface area contributed by atoms with E-state index >= 15 is 0 Å². The van der Waals surface area contributed by atoms with Crippen LogP contribution < -0.4 is 20.4 Å². The first kappa shape index (κ1) is 67.5. The molecule has 0 aromatic heterocycles. The minimum absolute atomic E-state index is 0. The summed E-state index contributed by atoms with van der Waals surface area (Å²) in [5, 5.41) is 40.2. The molecule has 0 radical (unpaired) electrons. The van der Waals surface area contributed by atoms with Crippen molar-refractivity contribution in [3.05, 3.63) is 72.9 Å². The first-order chi connectivity index (χ1) is 32.4. The van der Waals surface area contributed by atoms with Crippen molar-refractivity contribution in [3.63, 3.8) is 0 Å². The zero-order chi connectivity index (χ0) is 49.6. The van der Waals surface area contributed by atoms with E-state index in [4.69, 9.17) is 14.2 Å². The second kappa shape index (κ2) is 49.4. The average Bonchev–Trinajstić information content (AvgIpc) is 4.22. The van der Waals surface area contributed by atoms with Gasteiger partial charge in [-0.15, -0.1) is 6.10 Å². The molecular formula is C57H94O10Ti. The van der Waals surface area contributed by atoms with Gasteiger partial charge < -0.3 is 49.0 Å². The Morgan fingerprint density at radius 1 is 0.368 bits per heavy atom. The van der Waals surface area contributed by atoms with Crippen molar-refractivity contribution < 1.29 is 70.7 Å². The summed E-state index contributed by atoms with van der Waals surface area (Å²) in [4.78, 5) is 30.7. The minimum atomic E-state index is -0.927. The summed E-state index contributed by atoms with van der Waals surface area (Å²) in [7, 11) is 0. The number of rotatable bonds is 39. The Balaban J connectivity index is 0. The molecule has 386 valence electrons. The number of allylic oxidation sites excluding steroid dienone is 6. The largest absolute Gasteiger partial charge is 4.00 e. The van der Waals surface area contributed by atoms with Crippen molar-refractivity contribution in [2.45, 2.75) is 270 Å². The van der Waals surface area contributed by atoms with Crippen molar-refractivity contribution in [3.8, 4) is 0 Å². The van der Waals surface area contributed by atoms with Gasteiger partial charge in [-0.05, 0) is 135 Å². The standard InChI is InChI=1S/3C18H30O3.C3H7O.Ti/c3*1-2-3-10-13-16-17(21-16)14-11-8-6-4-5-7-9-12-15-18(19)20;1-3(2)4;/h3*3,8,10-11,16-17H,2,4-7,9,12-15H2,1H3,(H,19,20);3H,1-2H3;/q;;;-1;+4/p-3. The van der Waals surface area contributed by atoms with Gasteiger partial charge in [-0.1, -0.05) is 165 Å². The topological polar surface area (TPSA) is 181 Å². The Hall–Kier alpha value is -2.60. The maximum Gasteiger partial charge on any atom is 4.00 e. The molecule has 0 aromatic rings. The zero-order valence-corrected chi connectivity index (χ0v) is 44.8. The molecule has 0 amide bonds. The van der Waals surface area contributed by atoms with E-state index in [1.165, 1.54) is 38.5 Å². The maximum atomic E-state index is 10.2. The van der Waals surface area contributed by atoms with Crippen molar-refractivity contribution in [1.82, 2.24) is 0 Å². The monoisotopic (exact) mass is 987 g/mol. The summed E-state index contributed by atoms with van der Waals surface area (Å²) >= 11 is 0. The van der Waals surface area contributed by atoms with Crippen molar-refractivity contribution in [1.29, 1.82) is 0 Å². The zero-order valence-electron chi connectivity index (χ0n) is 43.3. The third-order valence-corrected chi connectivity index (χ3v) is 11.2. The van der Waals surface area contributed by atoms with Crippen LogP contribution in [0.1, 0.15) is 227 Å². The van der Waals surface area contributed by atoms with Crippen molar-refractivity contribution in [2.24, 2.45) is 0 Å². The van der Waals surface area contributed by atoms with Gasteiger partial charge in [0, 0.05) is 17.9 Å². The summed E-state index contributed by atoms with van der Waals surface area (Å²) in [5.74, 6) is -2.78. The maximum absolute atomic E-state index is 10.2. The molecular weight excluding hydrogens is 892 g/mol. The fraction of sp³-hybridized carbons (Fsp3) is 0.737. The summed E-state index contributed by atoms with van der Waals surface area (Å²) in [5.41, 5.74) is 0. The first-order valence-electron chi connectivity index (χ1n) is 26.6. The van der Waals surface area contributed by atoms with Crippen LogP contribution in [0.15, 0.2) is 72.9 Å². The molecule has 0 saturated carbocycles. The summed E-state index contributed by atoms with van der Waals surface area (Å²) in [6.45, 7) is 9.66. The number of carbonyl (C=O) groups is 3. The molecule has 3 heterocycles. The molecule has 0 spiro atoms. The Kier molecular flexibility index (Phi) is 49.0. The summed E-state index contributed by atoms with van der Waals surface area (Å²) in [6, 6.07) is 0. The van der Waals surface area contributed by atoms with Crippen LogP contribution >= 0.6 is 0 Å². The molecule has 3 rings (SSSR count). The number of carboxylic acid groups (broad SMARTS) is 3. The number of unbranched alkanes of at least 4 members (excludes halogenated alkanes) is 15. The third kappa shape index (κ3) is 51.3. The van der Waals surface area contributed by atoms with E-state index in [2.05, 4.69) is 93.7 Å². The van der Waals surface area contributed by atoms with Gasteiger partial charge in [0.05, 0.1) is 36.6 Å². The van der Waals surface area contributed by atoms with Crippen molar-refractivity contribution >= 4 is 17.9 Å². The van der Waals surface area contributed by atoms with Crippen LogP contribution in [0, 0.1) is 0 Å². The van der Waals surface area contributed by atoms with Crippen LogP contribution in [0.3, 0.4) is 0 Å². The van der Waals surface area contributed by atoms with E-state index in [-0.39, 0.29) is 41.0 Å². The second-order valence-corrected chi connectivity index (χ2v) is 18.2. The molecule has 3 aliphatic rings. The Labute approximate surface area is 429 Å². The van der Waals surface area contributed by atoms with Gasteiger partial charge in [-0.2, -0.15) is 0 Å². The van der Waals surface area contributed by atoms with Crippen LogP contribution in [0.5, 0.6) is 0 Å². The smallest absolute Gasteiger partial charge is 0.852 e. The number of carbonyl (C=O) groups excluding carboxylic acids is 3. The SMILES string of the molecule is CC(C)[O-].CCC=CCC1OC1CC=CCCCCCCCC(=O)[O-].CCC=CCC1OC1CC=CCCCCCCCC(=O)[O-].CCC=CCC1OC1CC=CCCCCCCCC(=O)[O-].[Ti+4]. The second-order valence-electron chi connectivity index (χ2n) is 18.2. The van der Waals surface area contributed by atoms with E-state index in [1.807, 2.05) is 0 Å². The predicted octanol–water partition coefficient (Wildman–Crippen LogP) is 10.4. The summed E-state index contributed by atoms with van der Waals surface area (Å²) in [6.07, 6.45) is 58.3. The fourth-order valence-corrected chi connectivity index (χ4v) is 7.20. The predicted molar refractivity (Wildman–Crippen MR) is 267 cm³/mol. The quantitative estimate of drug-likeness (QED) is 0.0249. The average molecular weight is 987 g/mol. The molecule has 68 heavy (non-hydrogen) atoms. The minimum Gasteiger partial charge on any atom is -0.852 e. The van der Waals surface area contributed by atoms with Crippen LogP contribution in [0.2, 0.25) is 0 Å². The van der Waals surface area contributed by atoms with E-state index in [1.54, 1.807) is 13.8 Å². The van der Waals surface area contributed by atoms with Gasteiger partial charge in [0.25, 0.3) is 0 Å². The number of ether oxygens (including phenoxy) is 3. The number of aliphatic carboxylic acids is 3. The first-order valence-corrected chi connectivity index (χ1v) is 26.6. The van der Waals surface area contributed by atoms with Crippen molar-refractivity contribution in [2.75, 3.05) is 0 Å². The van der Waals surface area contributed by atoms with Gasteiger partial charge in [0.1, 0.15) is 0 Å². The molecule has 0 aromatic carbocycles. The van der Waals surface area contributed by atoms with E-state index in [9.17, 15) is 34.8 Å². The number of hydrogen-bond donors (Lipinski definition) is 0. The van der Waals surface area contributed by atoms with Gasteiger partial charge in [0.2, 0.25) is 0 Å². The molecule has 10 nitrogen and oxygen atoms in total. The van der Waals surface area contributed by atoms with Crippen LogP contribution in [0.4, 0.5) is 0 Å². The Bertz CT molecular complexity index is 1210. The van der Waals surface area contributed by atoms with Gasteiger partial charge in [-0.3, -0.25) is 0 Å². The molecule has 6 atom stereocenters. The number of hydrogen-bond acceptors (Lipinski definition) is 10. The van der Waals surface area contributed by atoms with E-state index in [0.717, 1.165) is 135 Å². The molecule has 0 aliphatic carbocycles.